The third-order valence-corrected chi connectivity index (χ3v) is 3.59. The Bertz CT molecular complexity index is 984. The smallest absolute Gasteiger partial charge is 0.416 e. The number of anilines is 1. The van der Waals surface area contributed by atoms with E-state index in [1.165, 1.54) is 36.4 Å². The first-order chi connectivity index (χ1) is 13.2. The summed E-state index contributed by atoms with van der Waals surface area (Å²) in [6, 6.07) is 10.7. The Morgan fingerprint density at radius 1 is 0.964 bits per heavy atom. The molecule has 1 aromatic heterocycles. The lowest BCUT2D eigenvalue weighted by Crippen LogP contribution is -2.16. The van der Waals surface area contributed by atoms with Crippen LogP contribution in [0.1, 0.15) is 15.9 Å². The normalized spacial score (nSPS) is 11.2. The highest BCUT2D eigenvalue weighted by atomic mass is 19.4. The number of nitrogens with one attached hydrogen (secondary N) is 1. The van der Waals surface area contributed by atoms with E-state index >= 15 is 0 Å². The molecule has 2 aromatic carbocycles. The lowest BCUT2D eigenvalue weighted by atomic mass is 10.2. The predicted octanol–water partition coefficient (Wildman–Crippen LogP) is 5.42. The molecule has 3 rings (SSSR count). The third-order valence-electron chi connectivity index (χ3n) is 3.59. The molecule has 1 amide bonds. The van der Waals surface area contributed by atoms with Crippen molar-refractivity contribution >= 4 is 11.6 Å². The molecule has 0 aliphatic heterocycles. The van der Waals surface area contributed by atoms with Crippen LogP contribution in [0.4, 0.5) is 27.6 Å². The van der Waals surface area contributed by atoms with Crippen molar-refractivity contribution in [2.75, 3.05) is 5.32 Å². The maximum absolute atomic E-state index is 13.6. The molecule has 0 saturated heterocycles. The van der Waals surface area contributed by atoms with Crippen molar-refractivity contribution < 1.29 is 31.5 Å². The number of nitrogens with zero attached hydrogens (tertiary/aromatic N) is 1. The number of ether oxygens (including phenoxy) is 1. The van der Waals surface area contributed by atoms with E-state index in [2.05, 4.69) is 10.3 Å². The largest absolute Gasteiger partial charge is 0.457 e. The molecule has 1 heterocycles. The summed E-state index contributed by atoms with van der Waals surface area (Å²) in [5, 5.41) is 2.30. The molecule has 9 heteroatoms. The molecule has 0 bridgehead atoms. The second-order valence-electron chi connectivity index (χ2n) is 5.56. The number of alkyl halides is 3. The zero-order valence-electron chi connectivity index (χ0n) is 13.9. The van der Waals surface area contributed by atoms with Gasteiger partial charge in [0.25, 0.3) is 5.91 Å². The molecule has 3 aromatic rings. The van der Waals surface area contributed by atoms with Gasteiger partial charge in [0.2, 0.25) is 5.95 Å². The summed E-state index contributed by atoms with van der Waals surface area (Å²) < 4.78 is 70.6. The molecule has 0 saturated carbocycles. The van der Waals surface area contributed by atoms with E-state index in [-0.39, 0.29) is 17.2 Å². The van der Waals surface area contributed by atoms with Crippen LogP contribution in [-0.4, -0.2) is 10.9 Å². The Morgan fingerprint density at radius 3 is 2.32 bits per heavy atom. The molecule has 0 aliphatic carbocycles. The first kappa shape index (κ1) is 19.3. The fraction of sp³-hybridized carbons (Fsp3) is 0.0526. The summed E-state index contributed by atoms with van der Waals surface area (Å²) in [6.45, 7) is 0. The SMILES string of the molecule is O=C(Nc1ccc(Oc2cccc(C(F)(F)F)c2)cc1)c1c(F)ccnc1F. The van der Waals surface area contributed by atoms with Crippen molar-refractivity contribution in [2.45, 2.75) is 6.18 Å². The summed E-state index contributed by atoms with van der Waals surface area (Å²) >= 11 is 0. The van der Waals surface area contributed by atoms with Gasteiger partial charge in [-0.15, -0.1) is 0 Å². The van der Waals surface area contributed by atoms with Crippen molar-refractivity contribution in [3.63, 3.8) is 0 Å². The van der Waals surface area contributed by atoms with Gasteiger partial charge >= 0.3 is 6.18 Å². The minimum Gasteiger partial charge on any atom is -0.457 e. The van der Waals surface area contributed by atoms with Gasteiger partial charge in [0.15, 0.2) is 0 Å². The van der Waals surface area contributed by atoms with Gasteiger partial charge in [0, 0.05) is 11.9 Å². The monoisotopic (exact) mass is 394 g/mol. The van der Waals surface area contributed by atoms with Gasteiger partial charge in [-0.2, -0.15) is 17.6 Å². The zero-order chi connectivity index (χ0) is 20.3. The van der Waals surface area contributed by atoms with Crippen LogP contribution in [0.3, 0.4) is 0 Å². The number of amides is 1. The van der Waals surface area contributed by atoms with Crippen LogP contribution in [0.5, 0.6) is 11.5 Å². The summed E-state index contributed by atoms with van der Waals surface area (Å²) in [7, 11) is 0. The first-order valence-corrected chi connectivity index (χ1v) is 7.80. The van der Waals surface area contributed by atoms with E-state index in [4.69, 9.17) is 4.74 Å². The lowest BCUT2D eigenvalue weighted by molar-refractivity contribution is -0.137. The molecule has 0 fully saturated rings. The third kappa shape index (κ3) is 4.43. The molecule has 0 radical (unpaired) electrons. The lowest BCUT2D eigenvalue weighted by Gasteiger charge is -2.11. The Morgan fingerprint density at radius 2 is 1.68 bits per heavy atom. The topological polar surface area (TPSA) is 51.2 Å². The van der Waals surface area contributed by atoms with Gasteiger partial charge in [-0.05, 0) is 48.5 Å². The summed E-state index contributed by atoms with van der Waals surface area (Å²) in [6.07, 6.45) is -3.61. The van der Waals surface area contributed by atoms with E-state index in [9.17, 15) is 26.7 Å². The average Bonchev–Trinajstić information content (AvgIpc) is 2.63. The molecule has 0 unspecified atom stereocenters. The minimum atomic E-state index is -4.50. The summed E-state index contributed by atoms with van der Waals surface area (Å²) in [5.74, 6) is -3.16. The van der Waals surface area contributed by atoms with Gasteiger partial charge in [-0.25, -0.2) is 9.37 Å². The van der Waals surface area contributed by atoms with E-state index in [1.807, 2.05) is 0 Å². The number of pyridine rings is 1. The molecule has 0 atom stereocenters. The van der Waals surface area contributed by atoms with Gasteiger partial charge in [0.05, 0.1) is 5.56 Å². The number of carbonyl (C=O) groups is 1. The summed E-state index contributed by atoms with van der Waals surface area (Å²) in [5.41, 5.74) is -1.48. The van der Waals surface area contributed by atoms with Crippen LogP contribution in [0.2, 0.25) is 0 Å². The molecule has 28 heavy (non-hydrogen) atoms. The van der Waals surface area contributed by atoms with Crippen LogP contribution in [0.25, 0.3) is 0 Å². The zero-order valence-corrected chi connectivity index (χ0v) is 13.9. The molecule has 1 N–H and O–H groups in total. The molecular formula is C19H11F5N2O2. The highest BCUT2D eigenvalue weighted by Crippen LogP contribution is 2.32. The number of halogens is 5. The van der Waals surface area contributed by atoms with Gasteiger partial charge < -0.3 is 10.1 Å². The number of aromatic nitrogens is 1. The molecule has 0 spiro atoms. The second-order valence-corrected chi connectivity index (χ2v) is 5.56. The van der Waals surface area contributed by atoms with Crippen molar-refractivity contribution in [2.24, 2.45) is 0 Å². The Kier molecular flexibility index (Phi) is 5.25. The number of carbonyl (C=O) groups excluding carboxylic acids is 1. The number of benzene rings is 2. The fourth-order valence-electron chi connectivity index (χ4n) is 2.29. The van der Waals surface area contributed by atoms with Crippen molar-refractivity contribution in [3.05, 3.63) is 83.7 Å². The van der Waals surface area contributed by atoms with E-state index in [1.54, 1.807) is 0 Å². The minimum absolute atomic E-state index is 0.0221. The Balaban J connectivity index is 1.71. The van der Waals surface area contributed by atoms with Crippen molar-refractivity contribution in [1.82, 2.24) is 4.98 Å². The highest BCUT2D eigenvalue weighted by Gasteiger charge is 2.30. The summed E-state index contributed by atoms with van der Waals surface area (Å²) in [4.78, 5) is 15.2. The van der Waals surface area contributed by atoms with Gasteiger partial charge in [-0.1, -0.05) is 6.07 Å². The second kappa shape index (κ2) is 7.63. The molecule has 4 nitrogen and oxygen atoms in total. The number of hydrogen-bond donors (Lipinski definition) is 1. The van der Waals surface area contributed by atoms with E-state index in [0.29, 0.717) is 0 Å². The fourth-order valence-corrected chi connectivity index (χ4v) is 2.29. The van der Waals surface area contributed by atoms with Crippen LogP contribution < -0.4 is 10.1 Å². The quantitative estimate of drug-likeness (QED) is 0.475. The molecule has 0 aliphatic rings. The Hall–Kier alpha value is -3.49. The maximum atomic E-state index is 13.6. The highest BCUT2D eigenvalue weighted by molar-refractivity contribution is 6.04. The molecule has 144 valence electrons. The predicted molar refractivity (Wildman–Crippen MR) is 90.1 cm³/mol. The van der Waals surface area contributed by atoms with Crippen LogP contribution in [-0.2, 0) is 6.18 Å². The standard InChI is InChI=1S/C19H11F5N2O2/c20-15-8-9-25-17(21)16(15)18(27)26-12-4-6-13(7-5-12)28-14-3-1-2-11(10-14)19(22,23)24/h1-10H,(H,26,27). The molecular weight excluding hydrogens is 383 g/mol. The maximum Gasteiger partial charge on any atom is 0.416 e. The van der Waals surface area contributed by atoms with E-state index in [0.717, 1.165) is 24.4 Å². The first-order valence-electron chi connectivity index (χ1n) is 7.80. The van der Waals surface area contributed by atoms with Crippen LogP contribution >= 0.6 is 0 Å². The number of rotatable bonds is 4. The van der Waals surface area contributed by atoms with Crippen molar-refractivity contribution in [1.29, 1.82) is 0 Å². The number of hydrogen-bond acceptors (Lipinski definition) is 3. The van der Waals surface area contributed by atoms with Gasteiger partial charge in [-0.3, -0.25) is 4.79 Å². The van der Waals surface area contributed by atoms with Crippen LogP contribution in [0.15, 0.2) is 60.8 Å². The van der Waals surface area contributed by atoms with Crippen LogP contribution in [0, 0.1) is 11.8 Å². The van der Waals surface area contributed by atoms with Crippen molar-refractivity contribution in [3.8, 4) is 11.5 Å². The average molecular weight is 394 g/mol. The Labute approximate surface area is 155 Å². The van der Waals surface area contributed by atoms with E-state index < -0.39 is 35.0 Å². The van der Waals surface area contributed by atoms with Gasteiger partial charge in [0.1, 0.15) is 22.9 Å².